The molecule has 2 amide bonds. The number of carbonyl (C=O) groups excluding carboxylic acids is 2. The van der Waals surface area contributed by atoms with Crippen molar-refractivity contribution >= 4 is 28.8 Å². The maximum absolute atomic E-state index is 13.6. The van der Waals surface area contributed by atoms with E-state index in [-0.39, 0.29) is 17.9 Å². The molecule has 0 spiro atoms. The Balaban J connectivity index is 1.78. The summed E-state index contributed by atoms with van der Waals surface area (Å²) in [7, 11) is 0. The fraction of sp³-hybridized carbons (Fsp3) is 0.250. The molecule has 1 aliphatic carbocycles. The summed E-state index contributed by atoms with van der Waals surface area (Å²) in [5.41, 5.74) is 1.19. The summed E-state index contributed by atoms with van der Waals surface area (Å²) in [4.78, 5) is 29.0. The van der Waals surface area contributed by atoms with E-state index >= 15 is 0 Å². The third kappa shape index (κ3) is 4.44. The Morgan fingerprint density at radius 2 is 1.67 bits per heavy atom. The van der Waals surface area contributed by atoms with Crippen molar-refractivity contribution in [3.63, 3.8) is 0 Å². The summed E-state index contributed by atoms with van der Waals surface area (Å²) in [5.74, 6) is -0.900. The van der Waals surface area contributed by atoms with E-state index in [1.165, 1.54) is 28.4 Å². The second kappa shape index (κ2) is 9.22. The molecule has 1 aromatic heterocycles. The van der Waals surface area contributed by atoms with Crippen LogP contribution in [0.3, 0.4) is 0 Å². The average molecular weight is 423 g/mol. The summed E-state index contributed by atoms with van der Waals surface area (Å²) >= 11 is 1.32. The molecular formula is C24H23FN2O2S. The monoisotopic (exact) mass is 422 g/mol. The molecule has 4 nitrogen and oxygen atoms in total. The summed E-state index contributed by atoms with van der Waals surface area (Å²) in [6, 6.07) is 17.8. The first kappa shape index (κ1) is 20.3. The van der Waals surface area contributed by atoms with Gasteiger partial charge in [-0.15, -0.1) is 11.3 Å². The smallest absolute Gasteiger partial charge is 0.269 e. The number of thiophene rings is 1. The van der Waals surface area contributed by atoms with Crippen molar-refractivity contribution in [2.75, 3.05) is 4.90 Å². The van der Waals surface area contributed by atoms with Crippen molar-refractivity contribution in [1.29, 1.82) is 0 Å². The zero-order valence-corrected chi connectivity index (χ0v) is 17.3. The SMILES string of the molecule is O=C(NC1CCCC1)C(c1ccccc1)N(C(=O)c1cccs1)c1ccc(F)cc1. The lowest BCUT2D eigenvalue weighted by atomic mass is 10.0. The fourth-order valence-corrected chi connectivity index (χ4v) is 4.57. The van der Waals surface area contributed by atoms with Gasteiger partial charge in [-0.05, 0) is 54.1 Å². The average Bonchev–Trinajstić information content (AvgIpc) is 3.47. The topological polar surface area (TPSA) is 49.4 Å². The molecule has 1 aliphatic rings. The van der Waals surface area contributed by atoms with Gasteiger partial charge in [0, 0.05) is 11.7 Å². The lowest BCUT2D eigenvalue weighted by Crippen LogP contribution is -2.46. The van der Waals surface area contributed by atoms with Gasteiger partial charge in [0.05, 0.1) is 4.88 Å². The molecule has 1 fully saturated rings. The molecule has 154 valence electrons. The quantitative estimate of drug-likeness (QED) is 0.583. The Morgan fingerprint density at radius 1 is 0.967 bits per heavy atom. The van der Waals surface area contributed by atoms with Crippen molar-refractivity contribution < 1.29 is 14.0 Å². The number of nitrogens with zero attached hydrogens (tertiary/aromatic N) is 1. The van der Waals surface area contributed by atoms with Crippen LogP contribution in [0.15, 0.2) is 72.1 Å². The predicted octanol–water partition coefficient (Wildman–Crippen LogP) is 5.33. The van der Waals surface area contributed by atoms with Crippen molar-refractivity contribution in [2.24, 2.45) is 0 Å². The number of carbonyl (C=O) groups is 2. The Labute approximate surface area is 179 Å². The van der Waals surface area contributed by atoms with Gasteiger partial charge in [-0.3, -0.25) is 14.5 Å². The van der Waals surface area contributed by atoms with Crippen LogP contribution in [0, 0.1) is 5.82 Å². The van der Waals surface area contributed by atoms with E-state index in [4.69, 9.17) is 0 Å². The van der Waals surface area contributed by atoms with E-state index in [1.807, 2.05) is 35.7 Å². The van der Waals surface area contributed by atoms with Crippen LogP contribution in [-0.2, 0) is 4.79 Å². The minimum absolute atomic E-state index is 0.121. The van der Waals surface area contributed by atoms with Crippen LogP contribution >= 0.6 is 11.3 Å². The highest BCUT2D eigenvalue weighted by molar-refractivity contribution is 7.12. The number of nitrogens with one attached hydrogen (secondary N) is 1. The second-order valence-electron chi connectivity index (χ2n) is 7.43. The summed E-state index contributed by atoms with van der Waals surface area (Å²) in [5, 5.41) is 4.96. The molecule has 30 heavy (non-hydrogen) atoms. The Bertz CT molecular complexity index is 984. The lowest BCUT2D eigenvalue weighted by molar-refractivity contribution is -0.123. The molecule has 0 bridgehead atoms. The van der Waals surface area contributed by atoms with Crippen LogP contribution in [0.1, 0.15) is 47.0 Å². The van der Waals surface area contributed by atoms with Gasteiger partial charge in [-0.1, -0.05) is 49.2 Å². The molecule has 1 unspecified atom stereocenters. The molecule has 2 aromatic carbocycles. The van der Waals surface area contributed by atoms with E-state index in [1.54, 1.807) is 24.3 Å². The van der Waals surface area contributed by atoms with Crippen molar-refractivity contribution in [1.82, 2.24) is 5.32 Å². The van der Waals surface area contributed by atoms with Gasteiger partial charge in [-0.25, -0.2) is 4.39 Å². The highest BCUT2D eigenvalue weighted by Crippen LogP contribution is 2.31. The predicted molar refractivity (Wildman–Crippen MR) is 117 cm³/mol. The second-order valence-corrected chi connectivity index (χ2v) is 8.38. The van der Waals surface area contributed by atoms with Crippen LogP contribution in [-0.4, -0.2) is 17.9 Å². The van der Waals surface area contributed by atoms with Gasteiger partial charge in [0.25, 0.3) is 5.91 Å². The van der Waals surface area contributed by atoms with E-state index in [0.717, 1.165) is 25.7 Å². The molecule has 1 saturated carbocycles. The summed E-state index contributed by atoms with van der Waals surface area (Å²) < 4.78 is 13.6. The minimum atomic E-state index is -0.855. The van der Waals surface area contributed by atoms with Crippen LogP contribution < -0.4 is 10.2 Å². The van der Waals surface area contributed by atoms with Gasteiger partial charge in [0.2, 0.25) is 5.91 Å². The zero-order valence-electron chi connectivity index (χ0n) is 16.5. The fourth-order valence-electron chi connectivity index (χ4n) is 3.91. The van der Waals surface area contributed by atoms with Gasteiger partial charge < -0.3 is 5.32 Å². The molecular weight excluding hydrogens is 399 g/mol. The molecule has 0 radical (unpaired) electrons. The number of halogens is 1. The molecule has 6 heteroatoms. The number of hydrogen-bond donors (Lipinski definition) is 1. The highest BCUT2D eigenvalue weighted by atomic mass is 32.1. The first-order valence-corrected chi connectivity index (χ1v) is 11.0. The molecule has 1 atom stereocenters. The van der Waals surface area contributed by atoms with Crippen LogP contribution in [0.2, 0.25) is 0 Å². The van der Waals surface area contributed by atoms with E-state index in [2.05, 4.69) is 5.32 Å². The Kier molecular flexibility index (Phi) is 6.23. The van der Waals surface area contributed by atoms with Crippen LogP contribution in [0.4, 0.5) is 10.1 Å². The molecule has 1 heterocycles. The summed E-state index contributed by atoms with van der Waals surface area (Å²) in [6.45, 7) is 0. The largest absolute Gasteiger partial charge is 0.351 e. The van der Waals surface area contributed by atoms with Crippen molar-refractivity contribution in [3.8, 4) is 0 Å². The van der Waals surface area contributed by atoms with E-state index in [9.17, 15) is 14.0 Å². The van der Waals surface area contributed by atoms with Crippen LogP contribution in [0.5, 0.6) is 0 Å². The number of rotatable bonds is 6. The Morgan fingerprint density at radius 3 is 2.30 bits per heavy atom. The third-order valence-corrected chi connectivity index (χ3v) is 6.24. The minimum Gasteiger partial charge on any atom is -0.351 e. The number of benzene rings is 2. The summed E-state index contributed by atoms with van der Waals surface area (Å²) in [6.07, 6.45) is 4.08. The first-order chi connectivity index (χ1) is 14.6. The number of anilines is 1. The zero-order chi connectivity index (χ0) is 20.9. The van der Waals surface area contributed by atoms with Gasteiger partial charge in [-0.2, -0.15) is 0 Å². The molecule has 3 aromatic rings. The van der Waals surface area contributed by atoms with Crippen molar-refractivity contribution in [2.45, 2.75) is 37.8 Å². The normalized spacial score (nSPS) is 15.0. The van der Waals surface area contributed by atoms with Crippen LogP contribution in [0.25, 0.3) is 0 Å². The number of hydrogen-bond acceptors (Lipinski definition) is 3. The van der Waals surface area contributed by atoms with Gasteiger partial charge in [0.1, 0.15) is 11.9 Å². The number of amides is 2. The molecule has 1 N–H and O–H groups in total. The highest BCUT2D eigenvalue weighted by Gasteiger charge is 2.35. The lowest BCUT2D eigenvalue weighted by Gasteiger charge is -2.32. The molecule has 0 saturated heterocycles. The van der Waals surface area contributed by atoms with Gasteiger partial charge >= 0.3 is 0 Å². The Hall–Kier alpha value is -2.99. The van der Waals surface area contributed by atoms with Gasteiger partial charge in [0.15, 0.2) is 0 Å². The van der Waals surface area contributed by atoms with Crippen molar-refractivity contribution in [3.05, 3.63) is 88.4 Å². The first-order valence-electron chi connectivity index (χ1n) is 10.1. The van der Waals surface area contributed by atoms with E-state index in [0.29, 0.717) is 16.1 Å². The standard InChI is InChI=1S/C24H23FN2O2S/c25-18-12-14-20(15-13-18)27(24(29)21-11-6-16-30-21)22(17-7-2-1-3-8-17)23(28)26-19-9-4-5-10-19/h1-3,6-8,11-16,19,22H,4-5,9-10H2,(H,26,28). The maximum Gasteiger partial charge on any atom is 0.269 e. The maximum atomic E-state index is 13.6. The van der Waals surface area contributed by atoms with E-state index < -0.39 is 11.9 Å². The molecule has 0 aliphatic heterocycles. The third-order valence-electron chi connectivity index (χ3n) is 5.38. The molecule has 4 rings (SSSR count).